The van der Waals surface area contributed by atoms with Crippen LogP contribution in [-0.4, -0.2) is 25.6 Å². The molecule has 0 bridgehead atoms. The van der Waals surface area contributed by atoms with E-state index in [0.29, 0.717) is 17.8 Å². The molecular weight excluding hydrogens is 384 g/mol. The summed E-state index contributed by atoms with van der Waals surface area (Å²) in [6, 6.07) is 0. The fourth-order valence-corrected chi connectivity index (χ4v) is 7.46. The summed E-state index contributed by atoms with van der Waals surface area (Å²) in [5.41, 5.74) is 5.43. The molecule has 3 rings (SSSR count). The van der Waals surface area contributed by atoms with Crippen molar-refractivity contribution in [1.29, 1.82) is 0 Å². The molecule has 1 saturated carbocycles. The number of allylic oxidation sites excluding steroid dienone is 2. The van der Waals surface area contributed by atoms with Crippen LogP contribution in [0.3, 0.4) is 0 Å². The van der Waals surface area contributed by atoms with Crippen molar-refractivity contribution in [3.05, 3.63) is 22.3 Å². The summed E-state index contributed by atoms with van der Waals surface area (Å²) in [6.07, 6.45) is 7.86. The van der Waals surface area contributed by atoms with Crippen LogP contribution in [0.25, 0.3) is 0 Å². The molecule has 1 N–H and O–H groups in total. The van der Waals surface area contributed by atoms with Crippen LogP contribution in [0.5, 0.6) is 0 Å². The Morgan fingerprint density at radius 2 is 1.77 bits per heavy atom. The van der Waals surface area contributed by atoms with Gasteiger partial charge in [-0.2, -0.15) is 0 Å². The number of aliphatic hydroxyl groups is 1. The van der Waals surface area contributed by atoms with E-state index in [9.17, 15) is 5.11 Å². The Morgan fingerprint density at radius 1 is 1.13 bits per heavy atom. The van der Waals surface area contributed by atoms with Crippen LogP contribution >= 0.6 is 0 Å². The van der Waals surface area contributed by atoms with E-state index in [-0.39, 0.29) is 5.04 Å². The summed E-state index contributed by atoms with van der Waals surface area (Å²) in [7, 11) is -1.69. The molecule has 3 heteroatoms. The molecule has 1 fully saturated rings. The third-order valence-electron chi connectivity index (χ3n) is 9.35. The maximum Gasteiger partial charge on any atom is 0.191 e. The molecule has 30 heavy (non-hydrogen) atoms. The van der Waals surface area contributed by atoms with Crippen molar-refractivity contribution in [2.24, 2.45) is 23.7 Å². The van der Waals surface area contributed by atoms with E-state index in [1.807, 2.05) is 0 Å². The summed E-state index contributed by atoms with van der Waals surface area (Å²) in [5.74, 6) is 2.40. The molecule has 0 amide bonds. The molecule has 0 unspecified atom stereocenters. The fraction of sp³-hybridized carbons (Fsp3) is 0.852. The van der Waals surface area contributed by atoms with Crippen LogP contribution in [0.15, 0.2) is 22.3 Å². The van der Waals surface area contributed by atoms with Crippen molar-refractivity contribution >= 4 is 8.32 Å². The van der Waals surface area contributed by atoms with Gasteiger partial charge in [-0.25, -0.2) is 0 Å². The zero-order chi connectivity index (χ0) is 22.5. The smallest absolute Gasteiger partial charge is 0.191 e. The highest BCUT2D eigenvalue weighted by Crippen LogP contribution is 2.55. The normalized spacial score (nSPS) is 34.0. The molecular formula is C27H48O2Si. The highest BCUT2D eigenvalue weighted by molar-refractivity contribution is 6.74. The van der Waals surface area contributed by atoms with E-state index in [2.05, 4.69) is 61.6 Å². The molecule has 172 valence electrons. The Bertz CT molecular complexity index is 711. The minimum atomic E-state index is -1.69. The first kappa shape index (κ1) is 24.3. The molecule has 0 aromatic heterocycles. The lowest BCUT2D eigenvalue weighted by Gasteiger charge is -2.45. The topological polar surface area (TPSA) is 29.5 Å². The largest absolute Gasteiger partial charge is 0.417 e. The lowest BCUT2D eigenvalue weighted by atomic mass is 9.64. The first-order chi connectivity index (χ1) is 13.8. The van der Waals surface area contributed by atoms with E-state index in [4.69, 9.17) is 4.43 Å². The summed E-state index contributed by atoms with van der Waals surface area (Å²) in [6.45, 7) is 21.9. The van der Waals surface area contributed by atoms with Gasteiger partial charge in [-0.3, -0.25) is 0 Å². The second-order valence-electron chi connectivity index (χ2n) is 12.6. The van der Waals surface area contributed by atoms with Gasteiger partial charge in [0.1, 0.15) is 0 Å². The first-order valence-electron chi connectivity index (χ1n) is 12.5. The second-order valence-corrected chi connectivity index (χ2v) is 17.4. The zero-order valence-corrected chi connectivity index (χ0v) is 22.3. The Hall–Kier alpha value is -0.383. The lowest BCUT2D eigenvalue weighted by Crippen LogP contribution is -2.43. The molecule has 0 aliphatic heterocycles. The van der Waals surface area contributed by atoms with Crippen molar-refractivity contribution in [1.82, 2.24) is 0 Å². The second kappa shape index (κ2) is 8.52. The molecule has 3 aliphatic rings. The lowest BCUT2D eigenvalue weighted by molar-refractivity contribution is 0.0133. The molecule has 5 atom stereocenters. The van der Waals surface area contributed by atoms with E-state index in [1.165, 1.54) is 30.4 Å². The van der Waals surface area contributed by atoms with Crippen molar-refractivity contribution in [2.45, 2.75) is 117 Å². The molecule has 3 aliphatic carbocycles. The summed E-state index contributed by atoms with van der Waals surface area (Å²) >= 11 is 0. The van der Waals surface area contributed by atoms with Gasteiger partial charge in [-0.05, 0) is 99.7 Å². The van der Waals surface area contributed by atoms with Crippen LogP contribution in [0.4, 0.5) is 0 Å². The van der Waals surface area contributed by atoms with Gasteiger partial charge in [0.2, 0.25) is 0 Å². The van der Waals surface area contributed by atoms with E-state index < -0.39 is 13.9 Å². The highest BCUT2D eigenvalue weighted by atomic mass is 28.4. The number of hydrogen-bond donors (Lipinski definition) is 1. The zero-order valence-electron chi connectivity index (χ0n) is 21.3. The minimum Gasteiger partial charge on any atom is -0.417 e. The summed E-state index contributed by atoms with van der Waals surface area (Å²) in [5, 5.41) is 12.3. The third-order valence-corrected chi connectivity index (χ3v) is 13.9. The maximum absolute atomic E-state index is 12.0. The average Bonchev–Trinajstić information content (AvgIpc) is 3.17. The Balaban J connectivity index is 1.72. The van der Waals surface area contributed by atoms with Gasteiger partial charge in [0, 0.05) is 13.0 Å². The fourth-order valence-electron chi connectivity index (χ4n) is 6.40. The summed E-state index contributed by atoms with van der Waals surface area (Å²) < 4.78 is 6.50. The molecule has 2 nitrogen and oxygen atoms in total. The van der Waals surface area contributed by atoms with Gasteiger partial charge >= 0.3 is 0 Å². The predicted octanol–water partition coefficient (Wildman–Crippen LogP) is 7.65. The molecule has 0 aromatic rings. The number of fused-ring (bicyclic) bond motifs is 1. The van der Waals surface area contributed by atoms with E-state index >= 15 is 0 Å². The minimum absolute atomic E-state index is 0.266. The van der Waals surface area contributed by atoms with Crippen molar-refractivity contribution in [3.8, 4) is 0 Å². The first-order valence-corrected chi connectivity index (χ1v) is 15.4. The highest BCUT2D eigenvalue weighted by Gasteiger charge is 2.48. The molecule has 0 aromatic carbocycles. The van der Waals surface area contributed by atoms with Crippen molar-refractivity contribution in [3.63, 3.8) is 0 Å². The van der Waals surface area contributed by atoms with Gasteiger partial charge in [0.15, 0.2) is 8.32 Å². The number of rotatable bonds is 6. The van der Waals surface area contributed by atoms with Crippen LogP contribution in [0.1, 0.15) is 93.4 Å². The van der Waals surface area contributed by atoms with Crippen LogP contribution in [-0.2, 0) is 4.43 Å². The van der Waals surface area contributed by atoms with Gasteiger partial charge in [-0.1, -0.05) is 51.3 Å². The van der Waals surface area contributed by atoms with Crippen molar-refractivity contribution < 1.29 is 9.53 Å². The Morgan fingerprint density at radius 3 is 2.40 bits per heavy atom. The molecule has 0 radical (unpaired) electrons. The number of hydrogen-bond acceptors (Lipinski definition) is 2. The van der Waals surface area contributed by atoms with Gasteiger partial charge in [0.25, 0.3) is 0 Å². The standard InChI is InChI=1S/C27H48O2Si/c1-18-10-12-22-21(4)16-27(28,17-24(18)22)25-20(3)11-13-23(25)19(2)14-15-29-30(8,9)26(5,6)7/h19,21-23,28H,10-17H2,1-9H3/t19-,21-,22-,23+,27-/m0/s1. The van der Waals surface area contributed by atoms with Crippen molar-refractivity contribution in [2.75, 3.05) is 6.61 Å². The van der Waals surface area contributed by atoms with E-state index in [0.717, 1.165) is 38.2 Å². The van der Waals surface area contributed by atoms with Gasteiger partial charge in [0.05, 0.1) is 5.60 Å². The predicted molar refractivity (Wildman–Crippen MR) is 131 cm³/mol. The molecule has 0 spiro atoms. The van der Waals surface area contributed by atoms with Crippen LogP contribution < -0.4 is 0 Å². The SMILES string of the molecule is CC1=C2C[C@](O)(C3=C(C)CC[C@@H]3[C@@H](C)CCO[Si](C)(C)C(C)(C)C)C[C@H](C)[C@@H]2CC1. The molecule has 0 heterocycles. The Labute approximate surface area is 187 Å². The third kappa shape index (κ3) is 4.54. The van der Waals surface area contributed by atoms with Gasteiger partial charge in [-0.15, -0.1) is 0 Å². The summed E-state index contributed by atoms with van der Waals surface area (Å²) in [4.78, 5) is 0. The quantitative estimate of drug-likeness (QED) is 0.345. The average molecular weight is 433 g/mol. The molecule has 0 saturated heterocycles. The monoisotopic (exact) mass is 432 g/mol. The van der Waals surface area contributed by atoms with E-state index in [1.54, 1.807) is 11.1 Å². The van der Waals surface area contributed by atoms with Gasteiger partial charge < -0.3 is 9.53 Å². The van der Waals surface area contributed by atoms with Crippen LogP contribution in [0, 0.1) is 23.7 Å². The maximum atomic E-state index is 12.0. The Kier molecular flexibility index (Phi) is 6.89. The van der Waals surface area contributed by atoms with Crippen LogP contribution in [0.2, 0.25) is 18.1 Å².